The van der Waals surface area contributed by atoms with Gasteiger partial charge in [0.1, 0.15) is 0 Å². The molecule has 0 aromatic heterocycles. The second-order valence-corrected chi connectivity index (χ2v) is 26.7. The summed E-state index contributed by atoms with van der Waals surface area (Å²) in [4.78, 5) is 10.7. The molecule has 0 radical (unpaired) electrons. The summed E-state index contributed by atoms with van der Waals surface area (Å²) in [6.07, 6.45) is 2.36. The normalized spacial score (nSPS) is 16.7. The number of aryl methyl sites for hydroxylation is 2. The molecular formula is C62H53BN2S2Si. The Bertz CT molecular complexity index is 3490. The highest BCUT2D eigenvalue weighted by Gasteiger charge is 2.52. The molecule has 0 N–H and O–H groups in total. The van der Waals surface area contributed by atoms with Gasteiger partial charge < -0.3 is 9.71 Å². The standard InChI is InChI=1S/C62H53BN2S2Si/c1-40-20-19-31-59-60(40)65(50-27-15-18-30-58(50)68(59,44-23-9-7-10-24-44)45-25-11-8-12-26-45)63-48-35-42-21-13-14-22-43(42)36-52(48)64(51-37-47-46(34-41(51)2)61(3,4)32-33-62(47,5)6)53-39-57-56(38-49(53)63)66-54-28-16-17-29-55(54)67-57/h7-31,34-39H,32-33H2,1-6H3. The second kappa shape index (κ2) is 15.4. The van der Waals surface area contributed by atoms with Crippen LogP contribution < -0.4 is 41.4 Å². The predicted molar refractivity (Wildman–Crippen MR) is 295 cm³/mol. The molecule has 0 bridgehead atoms. The van der Waals surface area contributed by atoms with Crippen LogP contribution in [0.5, 0.6) is 0 Å². The molecule has 6 heteroatoms. The fraction of sp³-hybridized carbons (Fsp3) is 0.161. The number of para-hydroxylation sites is 2. The van der Waals surface area contributed by atoms with E-state index in [4.69, 9.17) is 0 Å². The first-order valence-electron chi connectivity index (χ1n) is 24.2. The van der Waals surface area contributed by atoms with E-state index >= 15 is 0 Å². The van der Waals surface area contributed by atoms with Crippen LogP contribution in [0.1, 0.15) is 62.8 Å². The summed E-state index contributed by atoms with van der Waals surface area (Å²) in [5, 5.41) is 8.18. The summed E-state index contributed by atoms with van der Waals surface area (Å²) < 4.78 is 0. The Kier molecular flexibility index (Phi) is 9.51. The molecule has 3 aliphatic heterocycles. The van der Waals surface area contributed by atoms with Crippen LogP contribution in [0.2, 0.25) is 0 Å². The lowest BCUT2D eigenvalue weighted by Crippen LogP contribution is -2.79. The first-order valence-corrected chi connectivity index (χ1v) is 27.9. The number of rotatable bonds is 4. The van der Waals surface area contributed by atoms with E-state index in [1.54, 1.807) is 0 Å². The molecule has 0 saturated carbocycles. The van der Waals surface area contributed by atoms with Crippen LogP contribution >= 0.6 is 23.5 Å². The third-order valence-electron chi connectivity index (χ3n) is 15.9. The first kappa shape index (κ1) is 42.0. The van der Waals surface area contributed by atoms with E-state index in [1.165, 1.54) is 126 Å². The predicted octanol–water partition coefficient (Wildman–Crippen LogP) is 12.8. The van der Waals surface area contributed by atoms with Crippen molar-refractivity contribution in [3.05, 3.63) is 210 Å². The van der Waals surface area contributed by atoms with Gasteiger partial charge in [0.05, 0.1) is 0 Å². The van der Waals surface area contributed by atoms with Gasteiger partial charge in [-0.25, -0.2) is 0 Å². The molecule has 4 aliphatic rings. The number of benzene rings is 9. The highest BCUT2D eigenvalue weighted by atomic mass is 32.2. The zero-order valence-electron chi connectivity index (χ0n) is 39.6. The van der Waals surface area contributed by atoms with Gasteiger partial charge in [-0.3, -0.25) is 0 Å². The third kappa shape index (κ3) is 6.13. The van der Waals surface area contributed by atoms with E-state index in [0.717, 1.165) is 0 Å². The molecule has 0 saturated heterocycles. The Morgan fingerprint density at radius 1 is 0.441 bits per heavy atom. The quantitative estimate of drug-likeness (QED) is 0.162. The van der Waals surface area contributed by atoms with E-state index in [9.17, 15) is 0 Å². The van der Waals surface area contributed by atoms with Crippen LogP contribution in [-0.4, -0.2) is 14.9 Å². The average molecular weight is 929 g/mol. The SMILES string of the molecule is Cc1cc2c(cc1N1c3cc4c(cc3B(N3c5ccccc5[Si](c5ccccc5)(c5ccccc5)c5cccc(C)c53)c3cc5ccccc5cc31)Sc1ccccc1S4)C(C)(C)CCC2(C)C. The molecule has 0 spiro atoms. The van der Waals surface area contributed by atoms with Crippen molar-refractivity contribution in [2.45, 2.75) is 84.8 Å². The molecule has 0 amide bonds. The van der Waals surface area contributed by atoms with Gasteiger partial charge in [0.25, 0.3) is 0 Å². The van der Waals surface area contributed by atoms with Crippen molar-refractivity contribution in [2.75, 3.05) is 9.71 Å². The maximum Gasteiger partial charge on any atom is 0.332 e. The highest BCUT2D eigenvalue weighted by molar-refractivity contribution is 8.05. The molecule has 2 nitrogen and oxygen atoms in total. The summed E-state index contributed by atoms with van der Waals surface area (Å²) in [7, 11) is -2.88. The minimum absolute atomic E-state index is 0.0549. The molecule has 0 fully saturated rings. The molecule has 9 aromatic rings. The monoisotopic (exact) mass is 928 g/mol. The minimum Gasteiger partial charge on any atom is -0.377 e. The number of nitrogens with zero attached hydrogens (tertiary/aromatic N) is 2. The Morgan fingerprint density at radius 3 is 1.65 bits per heavy atom. The van der Waals surface area contributed by atoms with Crippen LogP contribution in [0.3, 0.4) is 0 Å². The smallest absolute Gasteiger partial charge is 0.332 e. The molecule has 68 heavy (non-hydrogen) atoms. The number of fused-ring (bicyclic) bond motifs is 8. The first-order chi connectivity index (χ1) is 33.0. The number of anilines is 5. The van der Waals surface area contributed by atoms with Crippen LogP contribution in [0.15, 0.2) is 208 Å². The Balaban J connectivity index is 1.15. The molecule has 3 heterocycles. The van der Waals surface area contributed by atoms with Crippen molar-refractivity contribution >= 4 is 109 Å². The molecule has 13 rings (SSSR count). The van der Waals surface area contributed by atoms with E-state index < -0.39 is 8.07 Å². The topological polar surface area (TPSA) is 6.48 Å². The molecular weight excluding hydrogens is 876 g/mol. The molecule has 330 valence electrons. The van der Waals surface area contributed by atoms with Gasteiger partial charge in [-0.2, -0.15) is 0 Å². The summed E-state index contributed by atoms with van der Waals surface area (Å²) in [5.74, 6) is 0. The lowest BCUT2D eigenvalue weighted by molar-refractivity contribution is 0.332. The zero-order valence-corrected chi connectivity index (χ0v) is 42.2. The van der Waals surface area contributed by atoms with Gasteiger partial charge >= 0.3 is 6.85 Å². The Hall–Kier alpha value is -6.18. The lowest BCUT2D eigenvalue weighted by atomic mass is 9.46. The number of hydrogen-bond donors (Lipinski definition) is 0. The molecule has 0 atom stereocenters. The molecule has 9 aromatic carbocycles. The van der Waals surface area contributed by atoms with Crippen molar-refractivity contribution in [1.29, 1.82) is 0 Å². The van der Waals surface area contributed by atoms with E-state index in [-0.39, 0.29) is 17.7 Å². The maximum absolute atomic E-state index is 2.88. The zero-order chi connectivity index (χ0) is 46.1. The van der Waals surface area contributed by atoms with E-state index in [1.807, 2.05) is 23.5 Å². The molecule has 0 unspecified atom stereocenters. The van der Waals surface area contributed by atoms with Gasteiger partial charge in [-0.15, -0.1) is 0 Å². The highest BCUT2D eigenvalue weighted by Crippen LogP contribution is 2.53. The summed E-state index contributed by atoms with van der Waals surface area (Å²) >= 11 is 3.84. The van der Waals surface area contributed by atoms with Crippen LogP contribution in [-0.2, 0) is 10.8 Å². The van der Waals surface area contributed by atoms with E-state index in [2.05, 4.69) is 239 Å². The third-order valence-corrected chi connectivity index (χ3v) is 23.2. The van der Waals surface area contributed by atoms with Crippen molar-refractivity contribution < 1.29 is 0 Å². The maximum atomic E-state index is 2.78. The lowest BCUT2D eigenvalue weighted by Gasteiger charge is -2.50. The Labute approximate surface area is 411 Å². The van der Waals surface area contributed by atoms with Crippen LogP contribution in [0, 0.1) is 13.8 Å². The largest absolute Gasteiger partial charge is 0.377 e. The fourth-order valence-electron chi connectivity index (χ4n) is 12.4. The summed E-state index contributed by atoms with van der Waals surface area (Å²) in [6, 6.07) is 72.8. The van der Waals surface area contributed by atoms with Crippen molar-refractivity contribution in [1.82, 2.24) is 0 Å². The van der Waals surface area contributed by atoms with Gasteiger partial charge in [-0.1, -0.05) is 197 Å². The van der Waals surface area contributed by atoms with Gasteiger partial charge in [0.15, 0.2) is 8.07 Å². The summed E-state index contributed by atoms with van der Waals surface area (Å²) in [6.45, 7) is 14.4. The van der Waals surface area contributed by atoms with Crippen molar-refractivity contribution in [3.63, 3.8) is 0 Å². The fourth-order valence-corrected chi connectivity index (χ4v) is 19.9. The average Bonchev–Trinajstić information content (AvgIpc) is 3.35. The number of hydrogen-bond acceptors (Lipinski definition) is 4. The van der Waals surface area contributed by atoms with Crippen molar-refractivity contribution in [2.24, 2.45) is 0 Å². The Morgan fingerprint density at radius 2 is 0.971 bits per heavy atom. The van der Waals surface area contributed by atoms with Gasteiger partial charge in [0.2, 0.25) is 0 Å². The summed E-state index contributed by atoms with van der Waals surface area (Å²) in [5.41, 5.74) is 14.8. The van der Waals surface area contributed by atoms with Crippen molar-refractivity contribution in [3.8, 4) is 0 Å². The molecule has 1 aliphatic carbocycles. The van der Waals surface area contributed by atoms with Gasteiger partial charge in [-0.05, 0) is 145 Å². The minimum atomic E-state index is -2.88. The van der Waals surface area contributed by atoms with Crippen LogP contribution in [0.4, 0.5) is 28.4 Å². The second-order valence-electron chi connectivity index (χ2n) is 20.8. The van der Waals surface area contributed by atoms with Gasteiger partial charge in [0, 0.05) is 48.0 Å². The van der Waals surface area contributed by atoms with Crippen LogP contribution in [0.25, 0.3) is 10.8 Å². The van der Waals surface area contributed by atoms with E-state index in [0.29, 0.717) is 0 Å².